The minimum absolute atomic E-state index is 0.145. The van der Waals surface area contributed by atoms with Crippen LogP contribution in [-0.2, 0) is 9.47 Å². The van der Waals surface area contributed by atoms with Gasteiger partial charge in [0, 0.05) is 26.3 Å². The van der Waals surface area contributed by atoms with E-state index in [4.69, 9.17) is 9.47 Å². The van der Waals surface area contributed by atoms with Crippen molar-refractivity contribution in [3.05, 3.63) is 35.9 Å². The molecule has 0 saturated carbocycles. The van der Waals surface area contributed by atoms with Crippen LogP contribution < -0.4 is 5.32 Å². The number of hydrogen-bond donors (Lipinski definition) is 1. The Morgan fingerprint density at radius 1 is 0.950 bits per heavy atom. The van der Waals surface area contributed by atoms with E-state index in [-0.39, 0.29) is 6.29 Å². The number of benzene rings is 1. The Kier molecular flexibility index (Phi) is 8.51. The molecule has 0 amide bonds. The normalized spacial score (nSPS) is 13.1. The van der Waals surface area contributed by atoms with Gasteiger partial charge in [-0.25, -0.2) is 0 Å². The Labute approximate surface area is 123 Å². The van der Waals surface area contributed by atoms with E-state index in [0.29, 0.717) is 25.0 Å². The first-order chi connectivity index (χ1) is 9.69. The SMILES string of the molecule is CCOC(CNCC(c1ccccc1)C(C)C)OCC. The smallest absolute Gasteiger partial charge is 0.169 e. The minimum atomic E-state index is -0.145. The van der Waals surface area contributed by atoms with E-state index >= 15 is 0 Å². The molecule has 114 valence electrons. The van der Waals surface area contributed by atoms with E-state index in [2.05, 4.69) is 49.5 Å². The fraction of sp³-hybridized carbons (Fsp3) is 0.647. The third-order valence-corrected chi connectivity index (χ3v) is 3.41. The van der Waals surface area contributed by atoms with E-state index in [0.717, 1.165) is 13.1 Å². The van der Waals surface area contributed by atoms with Crippen molar-refractivity contribution in [1.82, 2.24) is 5.32 Å². The maximum atomic E-state index is 5.55. The molecular weight excluding hydrogens is 250 g/mol. The highest BCUT2D eigenvalue weighted by molar-refractivity contribution is 5.20. The summed E-state index contributed by atoms with van der Waals surface area (Å²) in [5.41, 5.74) is 1.39. The van der Waals surface area contributed by atoms with Crippen molar-refractivity contribution in [1.29, 1.82) is 0 Å². The molecule has 20 heavy (non-hydrogen) atoms. The molecule has 1 aromatic carbocycles. The fourth-order valence-corrected chi connectivity index (χ4v) is 2.33. The summed E-state index contributed by atoms with van der Waals surface area (Å²) in [6.07, 6.45) is -0.145. The van der Waals surface area contributed by atoms with E-state index in [1.807, 2.05) is 13.8 Å². The third-order valence-electron chi connectivity index (χ3n) is 3.41. The number of ether oxygens (including phenoxy) is 2. The molecule has 3 nitrogen and oxygen atoms in total. The summed E-state index contributed by atoms with van der Waals surface area (Å²) in [4.78, 5) is 0. The van der Waals surface area contributed by atoms with Crippen LogP contribution in [0.2, 0.25) is 0 Å². The standard InChI is InChI=1S/C17H29NO2/c1-5-19-17(20-6-2)13-18-12-16(14(3)4)15-10-8-7-9-11-15/h7-11,14,16-18H,5-6,12-13H2,1-4H3. The van der Waals surface area contributed by atoms with Gasteiger partial charge in [-0.1, -0.05) is 44.2 Å². The molecule has 1 atom stereocenters. The molecule has 0 saturated heterocycles. The van der Waals surface area contributed by atoms with Crippen molar-refractivity contribution >= 4 is 0 Å². The van der Waals surface area contributed by atoms with Crippen LogP contribution in [0.4, 0.5) is 0 Å². The van der Waals surface area contributed by atoms with Gasteiger partial charge in [0.15, 0.2) is 6.29 Å². The predicted molar refractivity (Wildman–Crippen MR) is 83.9 cm³/mol. The zero-order valence-electron chi connectivity index (χ0n) is 13.3. The minimum Gasteiger partial charge on any atom is -0.352 e. The van der Waals surface area contributed by atoms with E-state index in [9.17, 15) is 0 Å². The van der Waals surface area contributed by atoms with Gasteiger partial charge in [-0.2, -0.15) is 0 Å². The van der Waals surface area contributed by atoms with Crippen molar-refractivity contribution in [2.45, 2.75) is 39.9 Å². The van der Waals surface area contributed by atoms with Crippen LogP contribution in [0.5, 0.6) is 0 Å². The second-order valence-corrected chi connectivity index (χ2v) is 5.26. The van der Waals surface area contributed by atoms with Crippen LogP contribution >= 0.6 is 0 Å². The van der Waals surface area contributed by atoms with Gasteiger partial charge in [0.2, 0.25) is 0 Å². The molecular formula is C17H29NO2. The van der Waals surface area contributed by atoms with Gasteiger partial charge in [-0.3, -0.25) is 0 Å². The van der Waals surface area contributed by atoms with Gasteiger partial charge in [0.1, 0.15) is 0 Å². The zero-order chi connectivity index (χ0) is 14.8. The Morgan fingerprint density at radius 2 is 1.55 bits per heavy atom. The van der Waals surface area contributed by atoms with Gasteiger partial charge in [-0.15, -0.1) is 0 Å². The van der Waals surface area contributed by atoms with E-state index < -0.39 is 0 Å². The molecule has 1 unspecified atom stereocenters. The lowest BCUT2D eigenvalue weighted by Gasteiger charge is -2.24. The summed E-state index contributed by atoms with van der Waals surface area (Å²) in [5, 5.41) is 3.49. The van der Waals surface area contributed by atoms with Crippen molar-refractivity contribution < 1.29 is 9.47 Å². The molecule has 3 heteroatoms. The molecule has 1 N–H and O–H groups in total. The van der Waals surface area contributed by atoms with Crippen LogP contribution in [0.25, 0.3) is 0 Å². The molecule has 0 spiro atoms. The van der Waals surface area contributed by atoms with Gasteiger partial charge >= 0.3 is 0 Å². The second kappa shape index (κ2) is 9.92. The molecule has 0 aliphatic carbocycles. The van der Waals surface area contributed by atoms with Crippen LogP contribution in [0, 0.1) is 5.92 Å². The van der Waals surface area contributed by atoms with Crippen molar-refractivity contribution in [2.75, 3.05) is 26.3 Å². The lowest BCUT2D eigenvalue weighted by molar-refractivity contribution is -0.132. The van der Waals surface area contributed by atoms with Crippen molar-refractivity contribution in [3.63, 3.8) is 0 Å². The zero-order valence-corrected chi connectivity index (χ0v) is 13.3. The molecule has 0 aliphatic heterocycles. The fourth-order valence-electron chi connectivity index (χ4n) is 2.33. The van der Waals surface area contributed by atoms with Crippen LogP contribution in [0.15, 0.2) is 30.3 Å². The molecule has 0 aromatic heterocycles. The predicted octanol–water partition coefficient (Wildman–Crippen LogP) is 3.41. The highest BCUT2D eigenvalue weighted by atomic mass is 16.7. The molecule has 1 rings (SSSR count). The molecule has 0 radical (unpaired) electrons. The Balaban J connectivity index is 2.47. The molecule has 1 aromatic rings. The number of nitrogens with one attached hydrogen (secondary N) is 1. The summed E-state index contributed by atoms with van der Waals surface area (Å²) >= 11 is 0. The first kappa shape index (κ1) is 17.2. The number of hydrogen-bond acceptors (Lipinski definition) is 3. The molecule has 0 aliphatic rings. The van der Waals surface area contributed by atoms with E-state index in [1.165, 1.54) is 5.56 Å². The first-order valence-electron chi connectivity index (χ1n) is 7.67. The van der Waals surface area contributed by atoms with Crippen molar-refractivity contribution in [2.24, 2.45) is 5.92 Å². The largest absolute Gasteiger partial charge is 0.352 e. The maximum absolute atomic E-state index is 5.55. The molecule has 0 heterocycles. The summed E-state index contributed by atoms with van der Waals surface area (Å²) in [6.45, 7) is 11.6. The maximum Gasteiger partial charge on any atom is 0.169 e. The monoisotopic (exact) mass is 279 g/mol. The quantitative estimate of drug-likeness (QED) is 0.666. The Hall–Kier alpha value is -0.900. The summed E-state index contributed by atoms with van der Waals surface area (Å²) in [6, 6.07) is 10.7. The van der Waals surface area contributed by atoms with Gasteiger partial charge in [0.25, 0.3) is 0 Å². The second-order valence-electron chi connectivity index (χ2n) is 5.26. The molecule has 0 fully saturated rings. The third kappa shape index (κ3) is 6.04. The topological polar surface area (TPSA) is 30.5 Å². The average molecular weight is 279 g/mol. The molecule has 0 bridgehead atoms. The summed E-state index contributed by atoms with van der Waals surface area (Å²) in [5.74, 6) is 1.11. The van der Waals surface area contributed by atoms with Crippen LogP contribution in [0.1, 0.15) is 39.2 Å². The van der Waals surface area contributed by atoms with E-state index in [1.54, 1.807) is 0 Å². The lowest BCUT2D eigenvalue weighted by atomic mass is 9.88. The Morgan fingerprint density at radius 3 is 2.05 bits per heavy atom. The average Bonchev–Trinajstić information content (AvgIpc) is 2.44. The highest BCUT2D eigenvalue weighted by Gasteiger charge is 2.16. The van der Waals surface area contributed by atoms with Crippen LogP contribution in [0.3, 0.4) is 0 Å². The number of rotatable bonds is 10. The van der Waals surface area contributed by atoms with Gasteiger partial charge in [-0.05, 0) is 31.2 Å². The van der Waals surface area contributed by atoms with Crippen molar-refractivity contribution in [3.8, 4) is 0 Å². The van der Waals surface area contributed by atoms with Crippen LogP contribution in [-0.4, -0.2) is 32.6 Å². The Bertz CT molecular complexity index is 334. The lowest BCUT2D eigenvalue weighted by Crippen LogP contribution is -2.34. The van der Waals surface area contributed by atoms with Gasteiger partial charge < -0.3 is 14.8 Å². The highest BCUT2D eigenvalue weighted by Crippen LogP contribution is 2.23. The first-order valence-corrected chi connectivity index (χ1v) is 7.67. The van der Waals surface area contributed by atoms with Gasteiger partial charge in [0.05, 0.1) is 0 Å². The summed E-state index contributed by atoms with van der Waals surface area (Å²) < 4.78 is 11.1. The summed E-state index contributed by atoms with van der Waals surface area (Å²) in [7, 11) is 0.